The number of nitrogens with zero attached hydrogens (tertiary/aromatic N) is 1. The fourth-order valence-corrected chi connectivity index (χ4v) is 2.31. The quantitative estimate of drug-likeness (QED) is 0.763. The second-order valence-electron chi connectivity index (χ2n) is 5.13. The van der Waals surface area contributed by atoms with Crippen LogP contribution in [0.4, 0.5) is 0 Å². The molecule has 1 saturated heterocycles. The number of piperidine rings is 1. The molecule has 1 aromatic rings. The van der Waals surface area contributed by atoms with Gasteiger partial charge in [-0.1, -0.05) is 26.0 Å². The van der Waals surface area contributed by atoms with Gasteiger partial charge in [0.15, 0.2) is 0 Å². The summed E-state index contributed by atoms with van der Waals surface area (Å²) in [5.74, 6) is 0.677. The highest BCUT2D eigenvalue weighted by molar-refractivity contribution is 5.94. The normalized spacial score (nSPS) is 16.3. The predicted octanol–water partition coefficient (Wildman–Crippen LogP) is 3.44. The first kappa shape index (κ1) is 12.2. The Balaban J connectivity index is 2.15. The Morgan fingerprint density at radius 2 is 1.88 bits per heavy atom. The zero-order chi connectivity index (χ0) is 12.3. The molecule has 1 aromatic carbocycles. The van der Waals surface area contributed by atoms with Gasteiger partial charge in [0.2, 0.25) is 0 Å². The van der Waals surface area contributed by atoms with Gasteiger partial charge >= 0.3 is 0 Å². The molecule has 0 aliphatic carbocycles. The molecule has 1 heterocycles. The van der Waals surface area contributed by atoms with E-state index in [0.29, 0.717) is 5.92 Å². The molecule has 2 heteroatoms. The largest absolute Gasteiger partial charge is 0.339 e. The molecule has 0 atom stereocenters. The standard InChI is InChI=1S/C15H21NO/c1-12(2)13-7-6-8-14(11-13)15(17)16-9-4-3-5-10-16/h6-8,11-12H,3-5,9-10H2,1-2H3. The molecule has 0 spiro atoms. The van der Waals surface area contributed by atoms with Crippen LogP contribution in [0.25, 0.3) is 0 Å². The molecule has 1 aliphatic heterocycles. The third kappa shape index (κ3) is 2.87. The van der Waals surface area contributed by atoms with E-state index in [0.717, 1.165) is 31.5 Å². The number of likely N-dealkylation sites (tertiary alicyclic amines) is 1. The summed E-state index contributed by atoms with van der Waals surface area (Å²) < 4.78 is 0. The number of carbonyl (C=O) groups is 1. The van der Waals surface area contributed by atoms with Crippen LogP contribution in [0.1, 0.15) is 54.9 Å². The minimum Gasteiger partial charge on any atom is -0.339 e. The molecular weight excluding hydrogens is 210 g/mol. The van der Waals surface area contributed by atoms with E-state index in [1.165, 1.54) is 12.0 Å². The third-order valence-corrected chi connectivity index (χ3v) is 3.44. The second kappa shape index (κ2) is 5.35. The maximum absolute atomic E-state index is 12.3. The van der Waals surface area contributed by atoms with Gasteiger partial charge in [-0.05, 0) is 42.9 Å². The predicted molar refractivity (Wildman–Crippen MR) is 70.3 cm³/mol. The van der Waals surface area contributed by atoms with Crippen LogP contribution in [-0.2, 0) is 0 Å². The molecule has 2 nitrogen and oxygen atoms in total. The topological polar surface area (TPSA) is 20.3 Å². The van der Waals surface area contributed by atoms with Crippen LogP contribution in [0.15, 0.2) is 24.3 Å². The number of benzene rings is 1. The highest BCUT2D eigenvalue weighted by Gasteiger charge is 2.18. The summed E-state index contributed by atoms with van der Waals surface area (Å²) >= 11 is 0. The van der Waals surface area contributed by atoms with E-state index in [1.807, 2.05) is 23.1 Å². The van der Waals surface area contributed by atoms with Crippen molar-refractivity contribution in [2.45, 2.75) is 39.0 Å². The van der Waals surface area contributed by atoms with Gasteiger partial charge in [-0.15, -0.1) is 0 Å². The fraction of sp³-hybridized carbons (Fsp3) is 0.533. The lowest BCUT2D eigenvalue weighted by molar-refractivity contribution is 0.0724. The third-order valence-electron chi connectivity index (χ3n) is 3.44. The average Bonchev–Trinajstić information content (AvgIpc) is 2.39. The van der Waals surface area contributed by atoms with Gasteiger partial charge in [0, 0.05) is 18.7 Å². The van der Waals surface area contributed by atoms with Crippen molar-refractivity contribution in [1.82, 2.24) is 4.90 Å². The minimum absolute atomic E-state index is 0.201. The monoisotopic (exact) mass is 231 g/mol. The maximum atomic E-state index is 12.3. The first-order valence-electron chi connectivity index (χ1n) is 6.57. The fourth-order valence-electron chi connectivity index (χ4n) is 2.31. The van der Waals surface area contributed by atoms with Crippen LogP contribution in [0.2, 0.25) is 0 Å². The molecule has 17 heavy (non-hydrogen) atoms. The van der Waals surface area contributed by atoms with E-state index in [2.05, 4.69) is 19.9 Å². The maximum Gasteiger partial charge on any atom is 0.253 e. The minimum atomic E-state index is 0.201. The smallest absolute Gasteiger partial charge is 0.253 e. The first-order valence-corrected chi connectivity index (χ1v) is 6.57. The number of rotatable bonds is 2. The molecule has 0 unspecified atom stereocenters. The number of hydrogen-bond donors (Lipinski definition) is 0. The van der Waals surface area contributed by atoms with E-state index < -0.39 is 0 Å². The van der Waals surface area contributed by atoms with Crippen LogP contribution in [0, 0.1) is 0 Å². The van der Waals surface area contributed by atoms with Gasteiger partial charge in [-0.25, -0.2) is 0 Å². The summed E-state index contributed by atoms with van der Waals surface area (Å²) in [5.41, 5.74) is 2.09. The Kier molecular flexibility index (Phi) is 3.82. The molecule has 92 valence electrons. The molecule has 1 amide bonds. The Morgan fingerprint density at radius 3 is 2.53 bits per heavy atom. The molecule has 1 aliphatic rings. The van der Waals surface area contributed by atoms with Crippen molar-refractivity contribution in [1.29, 1.82) is 0 Å². The van der Waals surface area contributed by atoms with E-state index in [9.17, 15) is 4.79 Å². The van der Waals surface area contributed by atoms with E-state index in [4.69, 9.17) is 0 Å². The zero-order valence-electron chi connectivity index (χ0n) is 10.8. The van der Waals surface area contributed by atoms with Crippen molar-refractivity contribution in [3.63, 3.8) is 0 Å². The summed E-state index contributed by atoms with van der Waals surface area (Å²) in [6.45, 7) is 6.16. The second-order valence-corrected chi connectivity index (χ2v) is 5.13. The SMILES string of the molecule is CC(C)c1cccc(C(=O)N2CCCCC2)c1. The molecule has 0 bridgehead atoms. The van der Waals surface area contributed by atoms with Crippen molar-refractivity contribution in [2.24, 2.45) is 0 Å². The molecular formula is C15H21NO. The molecule has 2 rings (SSSR count). The lowest BCUT2D eigenvalue weighted by Gasteiger charge is -2.27. The van der Waals surface area contributed by atoms with Crippen LogP contribution < -0.4 is 0 Å². The van der Waals surface area contributed by atoms with Crippen LogP contribution in [0.5, 0.6) is 0 Å². The molecule has 0 aromatic heterocycles. The average molecular weight is 231 g/mol. The summed E-state index contributed by atoms with van der Waals surface area (Å²) in [7, 11) is 0. The van der Waals surface area contributed by atoms with Crippen LogP contribution >= 0.6 is 0 Å². The lowest BCUT2D eigenvalue weighted by atomic mass is 10.00. The van der Waals surface area contributed by atoms with E-state index >= 15 is 0 Å². The van der Waals surface area contributed by atoms with Crippen molar-refractivity contribution >= 4 is 5.91 Å². The number of hydrogen-bond acceptors (Lipinski definition) is 1. The Hall–Kier alpha value is -1.31. The molecule has 1 fully saturated rings. The van der Waals surface area contributed by atoms with Gasteiger partial charge in [0.25, 0.3) is 5.91 Å². The van der Waals surface area contributed by atoms with Gasteiger partial charge in [0.05, 0.1) is 0 Å². The number of carbonyl (C=O) groups excluding carboxylic acids is 1. The van der Waals surface area contributed by atoms with Gasteiger partial charge in [0.1, 0.15) is 0 Å². The molecule has 0 N–H and O–H groups in total. The summed E-state index contributed by atoms with van der Waals surface area (Å²) in [6.07, 6.45) is 3.56. The lowest BCUT2D eigenvalue weighted by Crippen LogP contribution is -2.35. The van der Waals surface area contributed by atoms with Crippen molar-refractivity contribution in [3.05, 3.63) is 35.4 Å². The Morgan fingerprint density at radius 1 is 1.18 bits per heavy atom. The summed E-state index contributed by atoms with van der Waals surface area (Å²) in [6, 6.07) is 8.06. The summed E-state index contributed by atoms with van der Waals surface area (Å²) in [5, 5.41) is 0. The van der Waals surface area contributed by atoms with Gasteiger partial charge in [-0.3, -0.25) is 4.79 Å². The zero-order valence-corrected chi connectivity index (χ0v) is 10.8. The summed E-state index contributed by atoms with van der Waals surface area (Å²) in [4.78, 5) is 14.3. The van der Waals surface area contributed by atoms with Gasteiger partial charge < -0.3 is 4.90 Å². The Labute approximate surface area is 104 Å². The highest BCUT2D eigenvalue weighted by atomic mass is 16.2. The number of amides is 1. The van der Waals surface area contributed by atoms with Crippen molar-refractivity contribution in [2.75, 3.05) is 13.1 Å². The van der Waals surface area contributed by atoms with Crippen molar-refractivity contribution < 1.29 is 4.79 Å². The van der Waals surface area contributed by atoms with E-state index in [1.54, 1.807) is 0 Å². The highest BCUT2D eigenvalue weighted by Crippen LogP contribution is 2.18. The molecule has 0 saturated carbocycles. The Bertz CT molecular complexity index is 392. The first-order chi connectivity index (χ1) is 8.18. The van der Waals surface area contributed by atoms with Crippen LogP contribution in [-0.4, -0.2) is 23.9 Å². The van der Waals surface area contributed by atoms with Crippen molar-refractivity contribution in [3.8, 4) is 0 Å². The van der Waals surface area contributed by atoms with E-state index in [-0.39, 0.29) is 5.91 Å². The van der Waals surface area contributed by atoms with Gasteiger partial charge in [-0.2, -0.15) is 0 Å². The molecule has 0 radical (unpaired) electrons. The van der Waals surface area contributed by atoms with Crippen LogP contribution in [0.3, 0.4) is 0 Å².